The first-order chi connectivity index (χ1) is 9.79. The summed E-state index contributed by atoms with van der Waals surface area (Å²) in [5, 5.41) is 0. The molecule has 6 heteroatoms. The van der Waals surface area contributed by atoms with E-state index in [1.54, 1.807) is 25.3 Å². The van der Waals surface area contributed by atoms with Crippen molar-refractivity contribution >= 4 is 9.84 Å². The Balaban J connectivity index is 2.86. The van der Waals surface area contributed by atoms with Gasteiger partial charge < -0.3 is 15.2 Å². The van der Waals surface area contributed by atoms with Gasteiger partial charge in [0.05, 0.1) is 25.7 Å². The third-order valence-corrected chi connectivity index (χ3v) is 5.00. The lowest BCUT2D eigenvalue weighted by molar-refractivity contribution is 0.389. The van der Waals surface area contributed by atoms with Crippen LogP contribution in [-0.2, 0) is 9.84 Å². The molecule has 0 radical (unpaired) electrons. The van der Waals surface area contributed by atoms with E-state index in [0.717, 1.165) is 0 Å². The maximum Gasteiger partial charge on any atom is 0.152 e. The molecular formula is C15H25NO4S. The zero-order valence-electron chi connectivity index (χ0n) is 13.1. The van der Waals surface area contributed by atoms with Crippen LogP contribution in [0.4, 0.5) is 0 Å². The molecule has 1 atom stereocenters. The Labute approximate surface area is 127 Å². The number of hydrogen-bond donors (Lipinski definition) is 1. The average molecular weight is 315 g/mol. The number of hydrogen-bond acceptors (Lipinski definition) is 5. The van der Waals surface area contributed by atoms with Gasteiger partial charge in [0.25, 0.3) is 0 Å². The van der Waals surface area contributed by atoms with Crippen LogP contribution in [0.3, 0.4) is 0 Å². The minimum atomic E-state index is -3.18. The first-order valence-electron chi connectivity index (χ1n) is 6.97. The second-order valence-corrected chi connectivity index (χ2v) is 7.74. The molecule has 0 fully saturated rings. The first-order valence-corrected chi connectivity index (χ1v) is 8.79. The number of rotatable bonds is 8. The van der Waals surface area contributed by atoms with Crippen LogP contribution in [0.1, 0.15) is 31.9 Å². The van der Waals surface area contributed by atoms with Crippen molar-refractivity contribution in [3.8, 4) is 11.5 Å². The molecule has 0 aliphatic carbocycles. The SMILES string of the molecule is COc1ccc(C(N)CS(=O)(=O)CCC(C)C)c(OC)c1. The highest BCUT2D eigenvalue weighted by atomic mass is 32.2. The van der Waals surface area contributed by atoms with Crippen LogP contribution in [0, 0.1) is 5.92 Å². The predicted octanol–water partition coefficient (Wildman–Crippen LogP) is 2.16. The van der Waals surface area contributed by atoms with Crippen molar-refractivity contribution in [3.63, 3.8) is 0 Å². The Hall–Kier alpha value is -1.27. The molecule has 0 aliphatic heterocycles. The Bertz CT molecular complexity index is 555. The molecule has 120 valence electrons. The average Bonchev–Trinajstić information content (AvgIpc) is 2.44. The summed E-state index contributed by atoms with van der Waals surface area (Å²) in [5.74, 6) is 1.62. The molecule has 0 amide bonds. The molecule has 0 saturated heterocycles. The molecular weight excluding hydrogens is 290 g/mol. The molecule has 5 nitrogen and oxygen atoms in total. The molecule has 0 spiro atoms. The highest BCUT2D eigenvalue weighted by Crippen LogP contribution is 2.29. The maximum absolute atomic E-state index is 12.1. The van der Waals surface area contributed by atoms with Gasteiger partial charge in [-0.25, -0.2) is 8.42 Å². The van der Waals surface area contributed by atoms with Gasteiger partial charge in [0.15, 0.2) is 9.84 Å². The predicted molar refractivity (Wildman–Crippen MR) is 84.6 cm³/mol. The zero-order valence-corrected chi connectivity index (χ0v) is 13.9. The van der Waals surface area contributed by atoms with Gasteiger partial charge in [-0.3, -0.25) is 0 Å². The topological polar surface area (TPSA) is 78.6 Å². The lowest BCUT2D eigenvalue weighted by Gasteiger charge is -2.17. The normalized spacial score (nSPS) is 13.2. The third-order valence-electron chi connectivity index (χ3n) is 3.28. The van der Waals surface area contributed by atoms with Gasteiger partial charge in [-0.15, -0.1) is 0 Å². The van der Waals surface area contributed by atoms with Crippen molar-refractivity contribution in [2.75, 3.05) is 25.7 Å². The third kappa shape index (κ3) is 5.55. The summed E-state index contributed by atoms with van der Waals surface area (Å²) in [6, 6.07) is 4.59. The molecule has 1 rings (SSSR count). The van der Waals surface area contributed by atoms with E-state index in [9.17, 15) is 8.42 Å². The molecule has 0 aromatic heterocycles. The zero-order chi connectivity index (χ0) is 16.0. The summed E-state index contributed by atoms with van der Waals surface area (Å²) >= 11 is 0. The number of methoxy groups -OCH3 is 2. The molecule has 2 N–H and O–H groups in total. The van der Waals surface area contributed by atoms with E-state index in [2.05, 4.69) is 0 Å². The van der Waals surface area contributed by atoms with Crippen LogP contribution in [-0.4, -0.2) is 34.1 Å². The Morgan fingerprint density at radius 1 is 1.19 bits per heavy atom. The van der Waals surface area contributed by atoms with Gasteiger partial charge in [0.2, 0.25) is 0 Å². The van der Waals surface area contributed by atoms with Crippen molar-refractivity contribution < 1.29 is 17.9 Å². The Kier molecular flexibility index (Phi) is 6.48. The van der Waals surface area contributed by atoms with E-state index in [-0.39, 0.29) is 11.5 Å². The number of benzene rings is 1. The van der Waals surface area contributed by atoms with Crippen molar-refractivity contribution in [1.29, 1.82) is 0 Å². The van der Waals surface area contributed by atoms with Gasteiger partial charge in [0, 0.05) is 17.7 Å². The Morgan fingerprint density at radius 3 is 2.38 bits per heavy atom. The van der Waals surface area contributed by atoms with Crippen molar-refractivity contribution in [2.45, 2.75) is 26.3 Å². The van der Waals surface area contributed by atoms with Crippen molar-refractivity contribution in [1.82, 2.24) is 0 Å². The second-order valence-electron chi connectivity index (χ2n) is 5.51. The number of ether oxygens (including phenoxy) is 2. The second kappa shape index (κ2) is 7.66. The van der Waals surface area contributed by atoms with E-state index >= 15 is 0 Å². The highest BCUT2D eigenvalue weighted by molar-refractivity contribution is 7.91. The van der Waals surface area contributed by atoms with Crippen LogP contribution >= 0.6 is 0 Å². The van der Waals surface area contributed by atoms with Gasteiger partial charge in [-0.05, 0) is 18.4 Å². The quantitative estimate of drug-likeness (QED) is 0.795. The fourth-order valence-corrected chi connectivity index (χ4v) is 3.71. The van der Waals surface area contributed by atoms with Crippen LogP contribution in [0.15, 0.2) is 18.2 Å². The summed E-state index contributed by atoms with van der Waals surface area (Å²) < 4.78 is 34.6. The van der Waals surface area contributed by atoms with Crippen molar-refractivity contribution in [2.24, 2.45) is 11.7 Å². The first kappa shape index (κ1) is 17.8. The van der Waals surface area contributed by atoms with Crippen LogP contribution in [0.25, 0.3) is 0 Å². The van der Waals surface area contributed by atoms with Crippen LogP contribution < -0.4 is 15.2 Å². The standard InChI is InChI=1S/C15H25NO4S/c1-11(2)7-8-21(17,18)10-14(16)13-6-5-12(19-3)9-15(13)20-4/h5-6,9,11,14H,7-8,10,16H2,1-4H3. The number of nitrogens with two attached hydrogens (primary N) is 1. The summed E-state index contributed by atoms with van der Waals surface area (Å²) in [6.45, 7) is 4.00. The molecule has 0 bridgehead atoms. The minimum Gasteiger partial charge on any atom is -0.497 e. The van der Waals surface area contributed by atoms with E-state index in [4.69, 9.17) is 15.2 Å². The molecule has 21 heavy (non-hydrogen) atoms. The molecule has 1 unspecified atom stereocenters. The molecule has 1 aromatic carbocycles. The lowest BCUT2D eigenvalue weighted by atomic mass is 10.1. The van der Waals surface area contributed by atoms with Crippen molar-refractivity contribution in [3.05, 3.63) is 23.8 Å². The largest absolute Gasteiger partial charge is 0.497 e. The fraction of sp³-hybridized carbons (Fsp3) is 0.600. The van der Waals surface area contributed by atoms with Crippen LogP contribution in [0.5, 0.6) is 11.5 Å². The van der Waals surface area contributed by atoms with E-state index in [1.807, 2.05) is 13.8 Å². The van der Waals surface area contributed by atoms with E-state index in [1.165, 1.54) is 7.11 Å². The summed E-state index contributed by atoms with van der Waals surface area (Å²) in [5.41, 5.74) is 6.73. The van der Waals surface area contributed by atoms with Gasteiger partial charge in [-0.1, -0.05) is 19.9 Å². The van der Waals surface area contributed by atoms with Gasteiger partial charge >= 0.3 is 0 Å². The highest BCUT2D eigenvalue weighted by Gasteiger charge is 2.21. The lowest BCUT2D eigenvalue weighted by Crippen LogP contribution is -2.24. The molecule has 0 heterocycles. The summed E-state index contributed by atoms with van der Waals surface area (Å²) in [6.07, 6.45) is 0.648. The van der Waals surface area contributed by atoms with Gasteiger partial charge in [-0.2, -0.15) is 0 Å². The molecule has 0 aliphatic rings. The van der Waals surface area contributed by atoms with Crippen LogP contribution in [0.2, 0.25) is 0 Å². The molecule has 0 saturated carbocycles. The summed E-state index contributed by atoms with van der Waals surface area (Å²) in [7, 11) is -0.0902. The number of sulfone groups is 1. The monoisotopic (exact) mass is 315 g/mol. The minimum absolute atomic E-state index is 0.0809. The van der Waals surface area contributed by atoms with E-state index < -0.39 is 15.9 Å². The van der Waals surface area contributed by atoms with Gasteiger partial charge in [0.1, 0.15) is 11.5 Å². The Morgan fingerprint density at radius 2 is 1.86 bits per heavy atom. The van der Waals surface area contributed by atoms with E-state index in [0.29, 0.717) is 29.4 Å². The smallest absolute Gasteiger partial charge is 0.152 e. The molecule has 1 aromatic rings. The fourth-order valence-electron chi connectivity index (χ4n) is 1.99. The maximum atomic E-state index is 12.1. The summed E-state index contributed by atoms with van der Waals surface area (Å²) in [4.78, 5) is 0.